The Labute approximate surface area is 165 Å². The Morgan fingerprint density at radius 3 is 2.89 bits per heavy atom. The molecule has 144 valence electrons. The van der Waals surface area contributed by atoms with Crippen LogP contribution in [0, 0.1) is 0 Å². The highest BCUT2D eigenvalue weighted by atomic mass is 35.5. The fourth-order valence-corrected chi connectivity index (χ4v) is 3.72. The highest BCUT2D eigenvalue weighted by Crippen LogP contribution is 2.24. The molecule has 1 aliphatic heterocycles. The lowest BCUT2D eigenvalue weighted by Crippen LogP contribution is -2.35. The Kier molecular flexibility index (Phi) is 6.63. The molecule has 3 rings (SSSR count). The summed E-state index contributed by atoms with van der Waals surface area (Å²) in [7, 11) is 3.64. The smallest absolute Gasteiger partial charge is 0.255 e. The lowest BCUT2D eigenvalue weighted by atomic mass is 10.1. The Morgan fingerprint density at radius 2 is 2.19 bits per heavy atom. The maximum absolute atomic E-state index is 12.8. The van der Waals surface area contributed by atoms with Crippen LogP contribution in [0.2, 0.25) is 5.02 Å². The molecular formula is C20H25ClN4O2. The predicted octanol–water partition coefficient (Wildman–Crippen LogP) is 3.27. The van der Waals surface area contributed by atoms with Gasteiger partial charge in [-0.2, -0.15) is 0 Å². The molecule has 1 fully saturated rings. The number of carbonyl (C=O) groups excluding carboxylic acids is 1. The van der Waals surface area contributed by atoms with Crippen LogP contribution in [0.1, 0.15) is 35.3 Å². The standard InChI is InChI=1S/C20H25ClN4O2/c1-24(14-16-6-3-4-9-22-16)17-7-5-10-25(11-8-17)20(26)15-12-18(21)19(27-2)23-13-15/h3-4,6,9,12-13,17H,5,7-8,10-11,14H2,1-2H3. The SMILES string of the molecule is COc1ncc(C(=O)N2CCCC(N(C)Cc3ccccn3)CC2)cc1Cl. The molecular weight excluding hydrogens is 364 g/mol. The zero-order valence-electron chi connectivity index (χ0n) is 15.8. The maximum Gasteiger partial charge on any atom is 0.255 e. The third-order valence-corrected chi connectivity index (χ3v) is 5.26. The second kappa shape index (κ2) is 9.15. The first kappa shape index (κ1) is 19.6. The van der Waals surface area contributed by atoms with Gasteiger partial charge in [-0.25, -0.2) is 4.98 Å². The lowest BCUT2D eigenvalue weighted by molar-refractivity contribution is 0.0757. The van der Waals surface area contributed by atoms with Gasteiger partial charge < -0.3 is 9.64 Å². The summed E-state index contributed by atoms with van der Waals surface area (Å²) in [6.07, 6.45) is 6.33. The first-order chi connectivity index (χ1) is 13.1. The first-order valence-corrected chi connectivity index (χ1v) is 9.55. The molecule has 0 spiro atoms. The van der Waals surface area contributed by atoms with Crippen molar-refractivity contribution in [1.29, 1.82) is 0 Å². The molecule has 6 nitrogen and oxygen atoms in total. The monoisotopic (exact) mass is 388 g/mol. The van der Waals surface area contributed by atoms with Gasteiger partial charge in [0.1, 0.15) is 5.02 Å². The number of methoxy groups -OCH3 is 1. The number of hydrogen-bond acceptors (Lipinski definition) is 5. The number of carbonyl (C=O) groups is 1. The number of amides is 1. The zero-order valence-corrected chi connectivity index (χ0v) is 16.5. The van der Waals surface area contributed by atoms with Crippen molar-refractivity contribution in [2.45, 2.75) is 31.8 Å². The van der Waals surface area contributed by atoms with E-state index in [1.54, 1.807) is 6.07 Å². The summed E-state index contributed by atoms with van der Waals surface area (Å²) < 4.78 is 5.06. The van der Waals surface area contributed by atoms with Crippen LogP contribution in [0.15, 0.2) is 36.7 Å². The van der Waals surface area contributed by atoms with E-state index in [2.05, 4.69) is 21.9 Å². The van der Waals surface area contributed by atoms with E-state index < -0.39 is 0 Å². The van der Waals surface area contributed by atoms with Gasteiger partial charge in [-0.1, -0.05) is 17.7 Å². The average molecular weight is 389 g/mol. The third kappa shape index (κ3) is 4.96. The molecule has 1 aliphatic rings. The van der Waals surface area contributed by atoms with Crippen molar-refractivity contribution in [2.75, 3.05) is 27.2 Å². The summed E-state index contributed by atoms with van der Waals surface area (Å²) in [6, 6.07) is 8.05. The number of aromatic nitrogens is 2. The molecule has 0 aromatic carbocycles. The number of nitrogens with zero attached hydrogens (tertiary/aromatic N) is 4. The molecule has 7 heteroatoms. The summed E-state index contributed by atoms with van der Waals surface area (Å²) in [5, 5.41) is 0.353. The minimum absolute atomic E-state index is 0.0277. The van der Waals surface area contributed by atoms with E-state index in [-0.39, 0.29) is 5.91 Å². The molecule has 1 saturated heterocycles. The topological polar surface area (TPSA) is 58.6 Å². The van der Waals surface area contributed by atoms with Crippen LogP contribution >= 0.6 is 11.6 Å². The van der Waals surface area contributed by atoms with Gasteiger partial charge in [0.05, 0.1) is 18.4 Å². The summed E-state index contributed by atoms with van der Waals surface area (Å²) >= 11 is 6.12. The van der Waals surface area contributed by atoms with Gasteiger partial charge >= 0.3 is 0 Å². The van der Waals surface area contributed by atoms with Crippen LogP contribution in [0.4, 0.5) is 0 Å². The third-order valence-electron chi connectivity index (χ3n) is 4.99. The van der Waals surface area contributed by atoms with E-state index in [0.717, 1.165) is 44.6 Å². The van der Waals surface area contributed by atoms with Gasteiger partial charge in [0, 0.05) is 38.1 Å². The molecule has 1 unspecified atom stereocenters. The molecule has 1 amide bonds. The number of rotatable bonds is 5. The van der Waals surface area contributed by atoms with Crippen LogP contribution < -0.4 is 4.74 Å². The van der Waals surface area contributed by atoms with E-state index in [4.69, 9.17) is 16.3 Å². The fourth-order valence-electron chi connectivity index (χ4n) is 3.47. The van der Waals surface area contributed by atoms with Gasteiger partial charge in [0.25, 0.3) is 5.91 Å². The second-order valence-corrected chi connectivity index (χ2v) is 7.24. The van der Waals surface area contributed by atoms with Crippen LogP contribution in [0.3, 0.4) is 0 Å². The normalized spacial score (nSPS) is 17.6. The van der Waals surface area contributed by atoms with Crippen LogP contribution in [-0.4, -0.2) is 59.0 Å². The number of hydrogen-bond donors (Lipinski definition) is 0. The second-order valence-electron chi connectivity index (χ2n) is 6.83. The lowest BCUT2D eigenvalue weighted by Gasteiger charge is -2.27. The van der Waals surface area contributed by atoms with E-state index in [1.165, 1.54) is 13.3 Å². The minimum atomic E-state index is -0.0277. The number of halogens is 1. The molecule has 2 aromatic rings. The molecule has 1 atom stereocenters. The van der Waals surface area contributed by atoms with Crippen molar-refractivity contribution >= 4 is 17.5 Å². The fraction of sp³-hybridized carbons (Fsp3) is 0.450. The van der Waals surface area contributed by atoms with E-state index in [1.807, 2.05) is 29.3 Å². The van der Waals surface area contributed by atoms with Gasteiger partial charge in [-0.05, 0) is 44.5 Å². The van der Waals surface area contributed by atoms with Crippen molar-refractivity contribution < 1.29 is 9.53 Å². The molecule has 27 heavy (non-hydrogen) atoms. The Bertz CT molecular complexity index is 772. The van der Waals surface area contributed by atoms with E-state index in [9.17, 15) is 4.79 Å². The molecule has 0 aliphatic carbocycles. The van der Waals surface area contributed by atoms with Crippen LogP contribution in [0.5, 0.6) is 5.88 Å². The van der Waals surface area contributed by atoms with Crippen molar-refractivity contribution in [1.82, 2.24) is 19.8 Å². The van der Waals surface area contributed by atoms with Crippen molar-refractivity contribution in [3.63, 3.8) is 0 Å². The van der Waals surface area contributed by atoms with Gasteiger partial charge in [-0.3, -0.25) is 14.7 Å². The highest BCUT2D eigenvalue weighted by Gasteiger charge is 2.24. The molecule has 3 heterocycles. The molecule has 0 bridgehead atoms. The Morgan fingerprint density at radius 1 is 1.33 bits per heavy atom. The summed E-state index contributed by atoms with van der Waals surface area (Å²) in [6.45, 7) is 2.29. The Balaban J connectivity index is 1.60. The van der Waals surface area contributed by atoms with Crippen LogP contribution in [-0.2, 0) is 6.54 Å². The number of pyridine rings is 2. The summed E-state index contributed by atoms with van der Waals surface area (Å²) in [5.74, 6) is 0.306. The molecule has 2 aromatic heterocycles. The highest BCUT2D eigenvalue weighted by molar-refractivity contribution is 6.32. The predicted molar refractivity (Wildman–Crippen MR) is 105 cm³/mol. The first-order valence-electron chi connectivity index (χ1n) is 9.17. The van der Waals surface area contributed by atoms with E-state index in [0.29, 0.717) is 22.5 Å². The summed E-state index contributed by atoms with van der Waals surface area (Å²) in [4.78, 5) is 25.6. The van der Waals surface area contributed by atoms with Crippen LogP contribution in [0.25, 0.3) is 0 Å². The van der Waals surface area contributed by atoms with Gasteiger partial charge in [-0.15, -0.1) is 0 Å². The van der Waals surface area contributed by atoms with E-state index >= 15 is 0 Å². The largest absolute Gasteiger partial charge is 0.480 e. The summed E-state index contributed by atoms with van der Waals surface area (Å²) in [5.41, 5.74) is 1.57. The number of likely N-dealkylation sites (tertiary alicyclic amines) is 1. The number of ether oxygens (including phenoxy) is 1. The quantitative estimate of drug-likeness (QED) is 0.786. The maximum atomic E-state index is 12.8. The van der Waals surface area contributed by atoms with Crippen molar-refractivity contribution in [3.05, 3.63) is 52.9 Å². The van der Waals surface area contributed by atoms with Crippen molar-refractivity contribution in [3.8, 4) is 5.88 Å². The molecule has 0 N–H and O–H groups in total. The van der Waals surface area contributed by atoms with Gasteiger partial charge in [0.2, 0.25) is 5.88 Å². The zero-order chi connectivity index (χ0) is 19.2. The van der Waals surface area contributed by atoms with Gasteiger partial charge in [0.15, 0.2) is 0 Å². The molecule has 0 saturated carbocycles. The molecule has 0 radical (unpaired) electrons. The Hall–Kier alpha value is -2.18. The minimum Gasteiger partial charge on any atom is -0.480 e. The van der Waals surface area contributed by atoms with Crippen molar-refractivity contribution in [2.24, 2.45) is 0 Å². The average Bonchev–Trinajstić information content (AvgIpc) is 2.94.